The van der Waals surface area contributed by atoms with Crippen molar-refractivity contribution in [2.75, 3.05) is 6.61 Å². The lowest BCUT2D eigenvalue weighted by Crippen LogP contribution is -2.05. The van der Waals surface area contributed by atoms with Crippen LogP contribution in [0.3, 0.4) is 0 Å². The molecule has 3 rings (SSSR count). The van der Waals surface area contributed by atoms with Crippen molar-refractivity contribution in [1.82, 2.24) is 20.6 Å². The van der Waals surface area contributed by atoms with Crippen LogP contribution in [0.2, 0.25) is 0 Å². The van der Waals surface area contributed by atoms with Crippen molar-refractivity contribution in [2.45, 2.75) is 13.8 Å². The maximum absolute atomic E-state index is 12.0. The third kappa shape index (κ3) is 2.03. The van der Waals surface area contributed by atoms with Gasteiger partial charge in [0.2, 0.25) is 5.82 Å². The van der Waals surface area contributed by atoms with E-state index in [1.807, 2.05) is 26.0 Å². The number of ether oxygens (including phenoxy) is 1. The Morgan fingerprint density at radius 1 is 1.35 bits per heavy atom. The normalized spacial score (nSPS) is 10.9. The van der Waals surface area contributed by atoms with Crippen molar-refractivity contribution in [1.29, 1.82) is 0 Å². The number of tetrazole rings is 1. The van der Waals surface area contributed by atoms with Crippen LogP contribution in [0.5, 0.6) is 5.75 Å². The van der Waals surface area contributed by atoms with Crippen LogP contribution < -0.4 is 10.4 Å². The maximum atomic E-state index is 12.0. The summed E-state index contributed by atoms with van der Waals surface area (Å²) in [6.07, 6.45) is 0. The van der Waals surface area contributed by atoms with Gasteiger partial charge in [0.25, 0.3) is 0 Å². The van der Waals surface area contributed by atoms with E-state index in [-0.39, 0.29) is 11.4 Å². The van der Waals surface area contributed by atoms with E-state index in [4.69, 9.17) is 9.15 Å². The van der Waals surface area contributed by atoms with Gasteiger partial charge < -0.3 is 9.15 Å². The molecular weight excluding hydrogens is 260 g/mol. The van der Waals surface area contributed by atoms with Gasteiger partial charge in [0.1, 0.15) is 5.56 Å². The first-order valence-corrected chi connectivity index (χ1v) is 6.14. The molecule has 0 radical (unpaired) electrons. The van der Waals surface area contributed by atoms with Gasteiger partial charge in [-0.1, -0.05) is 0 Å². The van der Waals surface area contributed by atoms with E-state index >= 15 is 0 Å². The first kappa shape index (κ1) is 12.3. The second-order valence-corrected chi connectivity index (χ2v) is 4.30. The molecule has 102 valence electrons. The number of rotatable bonds is 3. The van der Waals surface area contributed by atoms with E-state index in [2.05, 4.69) is 20.6 Å². The van der Waals surface area contributed by atoms with Crippen LogP contribution in [0, 0.1) is 6.92 Å². The number of aromatic amines is 1. The summed E-state index contributed by atoms with van der Waals surface area (Å²) >= 11 is 0. The van der Waals surface area contributed by atoms with E-state index in [1.54, 1.807) is 6.07 Å². The monoisotopic (exact) mass is 272 g/mol. The molecule has 0 saturated carbocycles. The standard InChI is InChI=1S/C13H12N4O3/c1-3-19-10-5-7(2)4-8-6-9(12-14-16-17-15-12)13(18)20-11(8)10/h4-6H,3H2,1-2H3,(H,14,15,16,17). The van der Waals surface area contributed by atoms with Crippen molar-refractivity contribution in [3.05, 3.63) is 34.2 Å². The first-order chi connectivity index (χ1) is 9.69. The van der Waals surface area contributed by atoms with Crippen LogP contribution >= 0.6 is 0 Å². The van der Waals surface area contributed by atoms with E-state index < -0.39 is 5.63 Å². The van der Waals surface area contributed by atoms with Gasteiger partial charge in [-0.2, -0.15) is 5.21 Å². The summed E-state index contributed by atoms with van der Waals surface area (Å²) in [6.45, 7) is 4.32. The molecule has 2 aromatic heterocycles. The molecular formula is C13H12N4O3. The summed E-state index contributed by atoms with van der Waals surface area (Å²) in [6, 6.07) is 5.43. The number of nitrogens with zero attached hydrogens (tertiary/aromatic N) is 3. The summed E-state index contributed by atoms with van der Waals surface area (Å²) < 4.78 is 10.9. The highest BCUT2D eigenvalue weighted by Gasteiger charge is 2.14. The van der Waals surface area contributed by atoms with Crippen LogP contribution in [-0.4, -0.2) is 27.2 Å². The summed E-state index contributed by atoms with van der Waals surface area (Å²) in [5.41, 5.74) is 1.17. The molecule has 0 aliphatic rings. The van der Waals surface area contributed by atoms with Gasteiger partial charge in [0, 0.05) is 5.39 Å². The molecule has 0 spiro atoms. The highest BCUT2D eigenvalue weighted by molar-refractivity contribution is 5.86. The molecule has 0 unspecified atom stereocenters. The summed E-state index contributed by atoms with van der Waals surface area (Å²) in [4.78, 5) is 12.0. The molecule has 0 fully saturated rings. The van der Waals surface area contributed by atoms with Gasteiger partial charge in [-0.05, 0) is 42.8 Å². The van der Waals surface area contributed by atoms with E-state index in [0.717, 1.165) is 10.9 Å². The van der Waals surface area contributed by atoms with Crippen molar-refractivity contribution in [3.63, 3.8) is 0 Å². The molecule has 1 aromatic carbocycles. The van der Waals surface area contributed by atoms with Crippen molar-refractivity contribution in [3.8, 4) is 17.1 Å². The number of benzene rings is 1. The Hall–Kier alpha value is -2.70. The van der Waals surface area contributed by atoms with Gasteiger partial charge in [-0.15, -0.1) is 10.2 Å². The molecule has 0 bridgehead atoms. The Morgan fingerprint density at radius 3 is 2.90 bits per heavy atom. The zero-order chi connectivity index (χ0) is 14.1. The topological polar surface area (TPSA) is 93.9 Å². The highest BCUT2D eigenvalue weighted by Crippen LogP contribution is 2.28. The van der Waals surface area contributed by atoms with Crippen LogP contribution in [-0.2, 0) is 0 Å². The minimum atomic E-state index is -0.524. The van der Waals surface area contributed by atoms with Gasteiger partial charge in [0.05, 0.1) is 6.61 Å². The zero-order valence-corrected chi connectivity index (χ0v) is 11.0. The maximum Gasteiger partial charge on any atom is 0.347 e. The average molecular weight is 272 g/mol. The molecule has 7 nitrogen and oxygen atoms in total. The second-order valence-electron chi connectivity index (χ2n) is 4.30. The van der Waals surface area contributed by atoms with E-state index in [1.165, 1.54) is 0 Å². The predicted molar refractivity (Wildman–Crippen MR) is 71.6 cm³/mol. The number of aryl methyl sites for hydroxylation is 1. The Bertz CT molecular complexity index is 808. The van der Waals surface area contributed by atoms with Crippen LogP contribution in [0.1, 0.15) is 12.5 Å². The Morgan fingerprint density at radius 2 is 2.20 bits per heavy atom. The van der Waals surface area contributed by atoms with Crippen LogP contribution in [0.25, 0.3) is 22.4 Å². The van der Waals surface area contributed by atoms with Gasteiger partial charge >= 0.3 is 5.63 Å². The van der Waals surface area contributed by atoms with Crippen LogP contribution in [0.15, 0.2) is 27.4 Å². The molecule has 7 heteroatoms. The summed E-state index contributed by atoms with van der Waals surface area (Å²) in [5.74, 6) is 0.763. The summed E-state index contributed by atoms with van der Waals surface area (Å²) in [5, 5.41) is 14.1. The lowest BCUT2D eigenvalue weighted by Gasteiger charge is -2.08. The molecule has 0 aliphatic carbocycles. The molecule has 20 heavy (non-hydrogen) atoms. The minimum absolute atomic E-state index is 0.208. The fraction of sp³-hybridized carbons (Fsp3) is 0.231. The predicted octanol–water partition coefficient (Wildman–Crippen LogP) is 1.68. The van der Waals surface area contributed by atoms with Crippen molar-refractivity contribution in [2.24, 2.45) is 0 Å². The fourth-order valence-corrected chi connectivity index (χ4v) is 2.04. The molecule has 3 aromatic rings. The van der Waals surface area contributed by atoms with E-state index in [9.17, 15) is 4.79 Å². The molecule has 0 saturated heterocycles. The first-order valence-electron chi connectivity index (χ1n) is 6.14. The molecule has 1 N–H and O–H groups in total. The van der Waals surface area contributed by atoms with E-state index in [0.29, 0.717) is 17.9 Å². The Labute approximate surface area is 113 Å². The van der Waals surface area contributed by atoms with Gasteiger partial charge in [-0.3, -0.25) is 0 Å². The summed E-state index contributed by atoms with van der Waals surface area (Å²) in [7, 11) is 0. The number of nitrogens with one attached hydrogen (secondary N) is 1. The number of hydrogen-bond donors (Lipinski definition) is 1. The Balaban J connectivity index is 2.29. The molecule has 0 amide bonds. The lowest BCUT2D eigenvalue weighted by atomic mass is 10.1. The quantitative estimate of drug-likeness (QED) is 0.729. The number of hydrogen-bond acceptors (Lipinski definition) is 6. The average Bonchev–Trinajstić information content (AvgIpc) is 2.93. The molecule has 0 aliphatic heterocycles. The van der Waals surface area contributed by atoms with Crippen LogP contribution in [0.4, 0.5) is 0 Å². The SMILES string of the molecule is CCOc1cc(C)cc2cc(-c3nn[nH]n3)c(=O)oc12. The number of H-pyrrole nitrogens is 1. The third-order valence-corrected chi connectivity index (χ3v) is 2.83. The van der Waals surface area contributed by atoms with Gasteiger partial charge in [0.15, 0.2) is 11.3 Å². The number of aromatic nitrogens is 4. The molecule has 0 atom stereocenters. The lowest BCUT2D eigenvalue weighted by molar-refractivity contribution is 0.337. The minimum Gasteiger partial charge on any atom is -0.490 e. The molecule has 2 heterocycles. The fourth-order valence-electron chi connectivity index (χ4n) is 2.04. The Kier molecular flexibility index (Phi) is 2.94. The second kappa shape index (κ2) is 4.76. The van der Waals surface area contributed by atoms with Gasteiger partial charge in [-0.25, -0.2) is 4.79 Å². The highest BCUT2D eigenvalue weighted by atomic mass is 16.5. The smallest absolute Gasteiger partial charge is 0.347 e. The number of fused-ring (bicyclic) bond motifs is 1. The largest absolute Gasteiger partial charge is 0.490 e. The van der Waals surface area contributed by atoms with Crippen molar-refractivity contribution < 1.29 is 9.15 Å². The third-order valence-electron chi connectivity index (χ3n) is 2.83. The zero-order valence-electron chi connectivity index (χ0n) is 11.0. The van der Waals surface area contributed by atoms with Crippen molar-refractivity contribution >= 4 is 11.0 Å².